The lowest BCUT2D eigenvalue weighted by Gasteiger charge is -2.27. The number of hydrogen-bond acceptors (Lipinski definition) is 6. The smallest absolute Gasteiger partial charge is 0.295 e. The van der Waals surface area contributed by atoms with E-state index in [0.717, 1.165) is 19.6 Å². The van der Waals surface area contributed by atoms with Crippen molar-refractivity contribution in [2.24, 2.45) is 0 Å². The minimum Gasteiger partial charge on any atom is -0.507 e. The fourth-order valence-corrected chi connectivity index (χ4v) is 4.20. The number of likely N-dealkylation sites (tertiary alicyclic amines) is 1. The summed E-state index contributed by atoms with van der Waals surface area (Å²) in [6.07, 6.45) is 0.717. The highest BCUT2D eigenvalue weighted by Gasteiger charge is 2.45. The van der Waals surface area contributed by atoms with Crippen molar-refractivity contribution < 1.29 is 24.2 Å². The van der Waals surface area contributed by atoms with Crippen molar-refractivity contribution in [2.75, 3.05) is 40.4 Å². The first-order chi connectivity index (χ1) is 15.9. The van der Waals surface area contributed by atoms with Crippen molar-refractivity contribution in [1.82, 2.24) is 9.80 Å². The average Bonchev–Trinajstić information content (AvgIpc) is 3.11. The van der Waals surface area contributed by atoms with E-state index in [2.05, 4.69) is 18.7 Å². The van der Waals surface area contributed by atoms with E-state index in [-0.39, 0.29) is 11.3 Å². The van der Waals surface area contributed by atoms with E-state index in [9.17, 15) is 14.7 Å². The number of ketones is 1. The van der Waals surface area contributed by atoms with Gasteiger partial charge in [0.15, 0.2) is 0 Å². The van der Waals surface area contributed by atoms with Gasteiger partial charge in [0.2, 0.25) is 0 Å². The van der Waals surface area contributed by atoms with Gasteiger partial charge in [0.1, 0.15) is 17.3 Å². The quantitative estimate of drug-likeness (QED) is 0.335. The Bertz CT molecular complexity index is 1030. The van der Waals surface area contributed by atoms with Crippen molar-refractivity contribution in [3.63, 3.8) is 0 Å². The minimum absolute atomic E-state index is 0.0735. The van der Waals surface area contributed by atoms with E-state index in [1.54, 1.807) is 48.4 Å². The van der Waals surface area contributed by atoms with E-state index >= 15 is 0 Å². The van der Waals surface area contributed by atoms with E-state index in [0.29, 0.717) is 35.6 Å². The highest BCUT2D eigenvalue weighted by atomic mass is 16.5. The van der Waals surface area contributed by atoms with Gasteiger partial charge < -0.3 is 24.4 Å². The third-order valence-corrected chi connectivity index (χ3v) is 6.06. The normalized spacial score (nSPS) is 17.6. The second-order valence-electron chi connectivity index (χ2n) is 7.88. The Balaban J connectivity index is 2.06. The van der Waals surface area contributed by atoms with Crippen LogP contribution in [0.3, 0.4) is 0 Å². The van der Waals surface area contributed by atoms with Crippen LogP contribution in [0.25, 0.3) is 5.76 Å². The van der Waals surface area contributed by atoms with Crippen LogP contribution < -0.4 is 9.47 Å². The number of aliphatic hydroxyl groups excluding tert-OH is 1. The molecular formula is C26H32N2O5. The Labute approximate surface area is 195 Å². The Morgan fingerprint density at radius 2 is 1.64 bits per heavy atom. The van der Waals surface area contributed by atoms with Crippen LogP contribution in [0, 0.1) is 0 Å². The molecule has 0 aromatic heterocycles. The summed E-state index contributed by atoms with van der Waals surface area (Å²) in [5.41, 5.74) is 1.20. The van der Waals surface area contributed by atoms with Crippen molar-refractivity contribution in [1.29, 1.82) is 0 Å². The summed E-state index contributed by atoms with van der Waals surface area (Å²) >= 11 is 0. The lowest BCUT2D eigenvalue weighted by Crippen LogP contribution is -2.33. The van der Waals surface area contributed by atoms with Crippen molar-refractivity contribution in [3.8, 4) is 11.5 Å². The van der Waals surface area contributed by atoms with Crippen LogP contribution in [0.15, 0.2) is 54.1 Å². The number of hydrogen-bond donors (Lipinski definition) is 1. The van der Waals surface area contributed by atoms with Crippen LogP contribution in [-0.2, 0) is 9.59 Å². The summed E-state index contributed by atoms with van der Waals surface area (Å²) in [5.74, 6) is -0.350. The van der Waals surface area contributed by atoms with Crippen LogP contribution in [-0.4, -0.2) is 67.0 Å². The first-order valence-corrected chi connectivity index (χ1v) is 11.2. The minimum atomic E-state index is -0.706. The first kappa shape index (κ1) is 24.3. The molecular weight excluding hydrogens is 420 g/mol. The number of methoxy groups -OCH3 is 2. The van der Waals surface area contributed by atoms with Crippen LogP contribution in [0.5, 0.6) is 11.5 Å². The van der Waals surface area contributed by atoms with E-state index in [1.807, 2.05) is 12.1 Å². The van der Waals surface area contributed by atoms with Crippen LogP contribution in [0.4, 0.5) is 0 Å². The van der Waals surface area contributed by atoms with Gasteiger partial charge in [0.25, 0.3) is 11.7 Å². The number of benzene rings is 2. The second-order valence-corrected chi connectivity index (χ2v) is 7.88. The number of rotatable bonds is 10. The Hall–Kier alpha value is -3.32. The van der Waals surface area contributed by atoms with Crippen LogP contribution >= 0.6 is 0 Å². The summed E-state index contributed by atoms with van der Waals surface area (Å²) in [4.78, 5) is 30.1. The van der Waals surface area contributed by atoms with Gasteiger partial charge in [-0.3, -0.25) is 9.59 Å². The number of carbonyl (C=O) groups excluding carboxylic acids is 2. The zero-order valence-electron chi connectivity index (χ0n) is 19.7. The van der Waals surface area contributed by atoms with E-state index < -0.39 is 17.7 Å². The van der Waals surface area contributed by atoms with Gasteiger partial charge >= 0.3 is 0 Å². The van der Waals surface area contributed by atoms with Gasteiger partial charge in [0, 0.05) is 12.1 Å². The number of nitrogens with zero attached hydrogens (tertiary/aromatic N) is 2. The molecule has 0 aliphatic carbocycles. The van der Waals surface area contributed by atoms with Gasteiger partial charge in [-0.2, -0.15) is 0 Å². The lowest BCUT2D eigenvalue weighted by molar-refractivity contribution is -0.140. The van der Waals surface area contributed by atoms with Gasteiger partial charge in [-0.25, -0.2) is 0 Å². The van der Waals surface area contributed by atoms with Gasteiger partial charge in [-0.1, -0.05) is 38.1 Å². The maximum atomic E-state index is 13.2. The summed E-state index contributed by atoms with van der Waals surface area (Å²) in [6.45, 7) is 7.25. The molecule has 1 atom stereocenters. The summed E-state index contributed by atoms with van der Waals surface area (Å²) in [7, 11) is 3.10. The van der Waals surface area contributed by atoms with Crippen LogP contribution in [0.1, 0.15) is 37.4 Å². The molecule has 1 heterocycles. The molecule has 3 rings (SSSR count). The Kier molecular flexibility index (Phi) is 8.11. The highest BCUT2D eigenvalue weighted by Crippen LogP contribution is 2.40. The third kappa shape index (κ3) is 5.20. The van der Waals surface area contributed by atoms with Gasteiger partial charge in [0.05, 0.1) is 25.8 Å². The number of aliphatic hydroxyl groups is 1. The predicted octanol–water partition coefficient (Wildman–Crippen LogP) is 3.86. The van der Waals surface area contributed by atoms with E-state index in [1.165, 1.54) is 7.11 Å². The summed E-state index contributed by atoms with van der Waals surface area (Å²) in [5, 5.41) is 11.2. The summed E-state index contributed by atoms with van der Waals surface area (Å²) in [6, 6.07) is 13.4. The SMILES string of the molecule is CCN(CC)CCCN1C(=O)C(=O)C(=C(O)c2cccc(OC)c2)[C@@H]1c1cccc(OC)c1. The maximum Gasteiger partial charge on any atom is 0.295 e. The molecule has 0 unspecified atom stereocenters. The van der Waals surface area contributed by atoms with E-state index in [4.69, 9.17) is 9.47 Å². The molecule has 7 nitrogen and oxygen atoms in total. The standard InChI is InChI=1S/C26H32N2O5/c1-5-27(6-2)14-9-15-28-23(18-10-7-12-20(16-18)32-3)22(25(30)26(28)31)24(29)19-11-8-13-21(17-19)33-4/h7-8,10-13,16-17,23,29H,5-6,9,14-15H2,1-4H3/t23-/m0/s1. The molecule has 1 saturated heterocycles. The number of carbonyl (C=O) groups is 2. The molecule has 1 fully saturated rings. The maximum absolute atomic E-state index is 13.2. The first-order valence-electron chi connectivity index (χ1n) is 11.2. The molecule has 0 bridgehead atoms. The fourth-order valence-electron chi connectivity index (χ4n) is 4.20. The lowest BCUT2D eigenvalue weighted by atomic mass is 9.95. The van der Waals surface area contributed by atoms with Crippen molar-refractivity contribution in [2.45, 2.75) is 26.3 Å². The molecule has 2 aromatic rings. The highest BCUT2D eigenvalue weighted by molar-refractivity contribution is 6.46. The number of amides is 1. The molecule has 2 aromatic carbocycles. The zero-order chi connectivity index (χ0) is 24.0. The fraction of sp³-hybridized carbons (Fsp3) is 0.385. The summed E-state index contributed by atoms with van der Waals surface area (Å²) < 4.78 is 10.6. The molecule has 0 spiro atoms. The third-order valence-electron chi connectivity index (χ3n) is 6.06. The van der Waals surface area contributed by atoms with Gasteiger partial charge in [-0.15, -0.1) is 0 Å². The molecule has 1 amide bonds. The predicted molar refractivity (Wildman–Crippen MR) is 127 cm³/mol. The monoisotopic (exact) mass is 452 g/mol. The molecule has 33 heavy (non-hydrogen) atoms. The second kappa shape index (κ2) is 11.0. The van der Waals surface area contributed by atoms with Crippen molar-refractivity contribution in [3.05, 3.63) is 65.2 Å². The molecule has 1 N–H and O–H groups in total. The Morgan fingerprint density at radius 3 is 2.27 bits per heavy atom. The topological polar surface area (TPSA) is 79.3 Å². The zero-order valence-corrected chi connectivity index (χ0v) is 19.7. The Morgan fingerprint density at radius 1 is 1.00 bits per heavy atom. The average molecular weight is 453 g/mol. The van der Waals surface area contributed by atoms with Gasteiger partial charge in [-0.05, 0) is 55.9 Å². The molecule has 1 aliphatic rings. The number of ether oxygens (including phenoxy) is 2. The molecule has 7 heteroatoms. The molecule has 0 radical (unpaired) electrons. The number of Topliss-reactive ketones (excluding diaryl/α,β-unsaturated/α-hetero) is 1. The molecule has 1 aliphatic heterocycles. The largest absolute Gasteiger partial charge is 0.507 e. The van der Waals surface area contributed by atoms with Crippen molar-refractivity contribution >= 4 is 17.4 Å². The van der Waals surface area contributed by atoms with Crippen LogP contribution in [0.2, 0.25) is 0 Å². The molecule has 0 saturated carbocycles. The molecule has 176 valence electrons.